The fourth-order valence-electron chi connectivity index (χ4n) is 3.13. The molecule has 1 aliphatic heterocycles. The number of hydrogen-bond acceptors (Lipinski definition) is 3. The fourth-order valence-corrected chi connectivity index (χ4v) is 3.57. The number of nitrogens with zero attached hydrogens (tertiary/aromatic N) is 3. The monoisotopic (exact) mass is 351 g/mol. The van der Waals surface area contributed by atoms with Crippen molar-refractivity contribution in [2.75, 3.05) is 25.0 Å². The van der Waals surface area contributed by atoms with E-state index >= 15 is 0 Å². The summed E-state index contributed by atoms with van der Waals surface area (Å²) in [4.78, 5) is 21.0. The van der Waals surface area contributed by atoms with Gasteiger partial charge >= 0.3 is 0 Å². The second-order valence-corrected chi connectivity index (χ2v) is 7.15. The van der Waals surface area contributed by atoms with Crippen LogP contribution < -0.4 is 4.90 Å². The van der Waals surface area contributed by atoms with E-state index in [9.17, 15) is 4.79 Å². The second-order valence-electron chi connectivity index (χ2n) is 6.24. The third-order valence-electron chi connectivity index (χ3n) is 4.60. The number of halogens is 1. The lowest BCUT2D eigenvalue weighted by molar-refractivity contribution is -0.133. The molecule has 3 rings (SSSR count). The lowest BCUT2D eigenvalue weighted by Gasteiger charge is -2.37. The highest BCUT2D eigenvalue weighted by Gasteiger charge is 2.35. The Labute approximate surface area is 134 Å². The van der Waals surface area contributed by atoms with Gasteiger partial charge < -0.3 is 9.80 Å². The number of carbonyl (C=O) groups is 1. The molecule has 0 atom stereocenters. The van der Waals surface area contributed by atoms with Crippen LogP contribution in [0.15, 0.2) is 16.7 Å². The maximum atomic E-state index is 12.1. The van der Waals surface area contributed by atoms with E-state index in [1.54, 1.807) is 0 Å². The van der Waals surface area contributed by atoms with Crippen LogP contribution in [0.25, 0.3) is 0 Å². The Balaban J connectivity index is 1.60. The zero-order valence-electron chi connectivity index (χ0n) is 12.7. The van der Waals surface area contributed by atoms with Gasteiger partial charge in [0.1, 0.15) is 5.82 Å². The molecule has 1 amide bonds. The first-order valence-electron chi connectivity index (χ1n) is 7.70. The average Bonchev–Trinajstić information content (AvgIpc) is 3.31. The highest BCUT2D eigenvalue weighted by Crippen LogP contribution is 2.32. The molecule has 0 N–H and O–H groups in total. The molecule has 4 nitrogen and oxygen atoms in total. The molecule has 0 aromatic carbocycles. The van der Waals surface area contributed by atoms with Crippen molar-refractivity contribution in [1.82, 2.24) is 9.88 Å². The molecular formula is C16H22BrN3O. The van der Waals surface area contributed by atoms with Crippen molar-refractivity contribution in [2.45, 2.75) is 38.6 Å². The van der Waals surface area contributed by atoms with Crippen molar-refractivity contribution >= 4 is 27.7 Å². The standard InChI is InChI=1S/C16H22BrN3O/c1-11-9-13(17)10-18-15(11)20-7-5-14(6-8-20)19(2)16(21)12-3-4-12/h9-10,12,14H,3-8H2,1-2H3. The fraction of sp³-hybridized carbons (Fsp3) is 0.625. The van der Waals surface area contributed by atoms with Gasteiger partial charge in [-0.05, 0) is 60.2 Å². The van der Waals surface area contributed by atoms with Crippen LogP contribution >= 0.6 is 15.9 Å². The van der Waals surface area contributed by atoms with Crippen molar-refractivity contribution in [3.63, 3.8) is 0 Å². The van der Waals surface area contributed by atoms with Crippen LogP contribution in [0.4, 0.5) is 5.82 Å². The molecule has 0 spiro atoms. The molecular weight excluding hydrogens is 330 g/mol. The minimum Gasteiger partial charge on any atom is -0.356 e. The van der Waals surface area contributed by atoms with Gasteiger partial charge in [0.25, 0.3) is 0 Å². The minimum absolute atomic E-state index is 0.323. The third-order valence-corrected chi connectivity index (χ3v) is 5.04. The molecule has 0 radical (unpaired) electrons. The van der Waals surface area contributed by atoms with Gasteiger partial charge in [0.15, 0.2) is 0 Å². The van der Waals surface area contributed by atoms with Crippen molar-refractivity contribution in [3.8, 4) is 0 Å². The van der Waals surface area contributed by atoms with Crippen molar-refractivity contribution in [3.05, 3.63) is 22.3 Å². The number of rotatable bonds is 3. The summed E-state index contributed by atoms with van der Waals surface area (Å²) in [5.41, 5.74) is 1.20. The number of anilines is 1. The van der Waals surface area contributed by atoms with Crippen LogP contribution in [0, 0.1) is 12.8 Å². The number of aromatic nitrogens is 1. The van der Waals surface area contributed by atoms with Gasteiger partial charge in [-0.15, -0.1) is 0 Å². The Morgan fingerprint density at radius 3 is 2.57 bits per heavy atom. The largest absolute Gasteiger partial charge is 0.356 e. The molecule has 2 aliphatic rings. The summed E-state index contributed by atoms with van der Waals surface area (Å²) in [6, 6.07) is 2.50. The molecule has 21 heavy (non-hydrogen) atoms. The van der Waals surface area contributed by atoms with Gasteiger partial charge in [0, 0.05) is 42.8 Å². The summed E-state index contributed by atoms with van der Waals surface area (Å²) in [6.07, 6.45) is 6.10. The van der Waals surface area contributed by atoms with Crippen molar-refractivity contribution < 1.29 is 4.79 Å². The van der Waals surface area contributed by atoms with Crippen molar-refractivity contribution in [2.24, 2.45) is 5.92 Å². The van der Waals surface area contributed by atoms with Gasteiger partial charge in [-0.1, -0.05) is 0 Å². The van der Waals surface area contributed by atoms with Gasteiger partial charge in [0.05, 0.1) is 0 Å². The van der Waals surface area contributed by atoms with Crippen LogP contribution in [-0.4, -0.2) is 42.0 Å². The Morgan fingerprint density at radius 2 is 2.00 bits per heavy atom. The summed E-state index contributed by atoms with van der Waals surface area (Å²) in [5, 5.41) is 0. The highest BCUT2D eigenvalue weighted by molar-refractivity contribution is 9.10. The Bertz CT molecular complexity index is 536. The molecule has 1 aliphatic carbocycles. The average molecular weight is 352 g/mol. The van der Waals surface area contributed by atoms with Crippen LogP contribution in [0.2, 0.25) is 0 Å². The van der Waals surface area contributed by atoms with Gasteiger partial charge in [-0.2, -0.15) is 0 Å². The SMILES string of the molecule is Cc1cc(Br)cnc1N1CCC(N(C)C(=O)C2CC2)CC1. The second kappa shape index (κ2) is 5.95. The molecule has 2 heterocycles. The van der Waals surface area contributed by atoms with E-state index in [2.05, 4.69) is 38.8 Å². The molecule has 1 aromatic rings. The van der Waals surface area contributed by atoms with E-state index in [4.69, 9.17) is 0 Å². The summed E-state index contributed by atoms with van der Waals surface area (Å²) in [6.45, 7) is 4.05. The summed E-state index contributed by atoms with van der Waals surface area (Å²) in [5.74, 6) is 1.75. The summed E-state index contributed by atoms with van der Waals surface area (Å²) in [7, 11) is 1.98. The predicted molar refractivity (Wildman–Crippen MR) is 87.4 cm³/mol. The highest BCUT2D eigenvalue weighted by atomic mass is 79.9. The lowest BCUT2D eigenvalue weighted by Crippen LogP contribution is -2.46. The molecule has 0 unspecified atom stereocenters. The number of amides is 1. The normalized spacial score (nSPS) is 19.7. The van der Waals surface area contributed by atoms with Gasteiger partial charge in [-0.3, -0.25) is 4.79 Å². The quantitative estimate of drug-likeness (QED) is 0.839. The van der Waals surface area contributed by atoms with E-state index in [1.807, 2.05) is 18.1 Å². The van der Waals surface area contributed by atoms with E-state index in [0.29, 0.717) is 17.9 Å². The first-order chi connectivity index (χ1) is 10.1. The maximum absolute atomic E-state index is 12.1. The Morgan fingerprint density at radius 1 is 1.33 bits per heavy atom. The van der Waals surface area contributed by atoms with Crippen LogP contribution in [0.3, 0.4) is 0 Å². The Hall–Kier alpha value is -1.10. The molecule has 2 fully saturated rings. The molecule has 1 aromatic heterocycles. The topological polar surface area (TPSA) is 36.4 Å². The first kappa shape index (κ1) is 14.8. The minimum atomic E-state index is 0.323. The first-order valence-corrected chi connectivity index (χ1v) is 8.49. The van der Waals surface area contributed by atoms with Crippen LogP contribution in [-0.2, 0) is 4.79 Å². The Kier molecular flexibility index (Phi) is 4.20. The van der Waals surface area contributed by atoms with Crippen molar-refractivity contribution in [1.29, 1.82) is 0 Å². The van der Waals surface area contributed by atoms with E-state index < -0.39 is 0 Å². The number of piperidine rings is 1. The van der Waals surface area contributed by atoms with E-state index in [0.717, 1.165) is 49.1 Å². The molecule has 0 bridgehead atoms. The van der Waals surface area contributed by atoms with Crippen LogP contribution in [0.1, 0.15) is 31.2 Å². The number of pyridine rings is 1. The molecule has 1 saturated carbocycles. The summed E-state index contributed by atoms with van der Waals surface area (Å²) < 4.78 is 1.02. The number of hydrogen-bond donors (Lipinski definition) is 0. The summed E-state index contributed by atoms with van der Waals surface area (Å²) >= 11 is 3.46. The lowest BCUT2D eigenvalue weighted by atomic mass is 10.0. The molecule has 5 heteroatoms. The zero-order chi connectivity index (χ0) is 15.0. The molecule has 1 saturated heterocycles. The number of aryl methyl sites for hydroxylation is 1. The number of carbonyl (C=O) groups excluding carboxylic acids is 1. The maximum Gasteiger partial charge on any atom is 0.225 e. The smallest absolute Gasteiger partial charge is 0.225 e. The van der Waals surface area contributed by atoms with Crippen LogP contribution in [0.5, 0.6) is 0 Å². The van der Waals surface area contributed by atoms with Gasteiger partial charge in [0.2, 0.25) is 5.91 Å². The van der Waals surface area contributed by atoms with E-state index in [1.165, 1.54) is 5.56 Å². The molecule has 114 valence electrons. The van der Waals surface area contributed by atoms with Gasteiger partial charge in [-0.25, -0.2) is 4.98 Å². The van der Waals surface area contributed by atoms with E-state index in [-0.39, 0.29) is 0 Å². The third kappa shape index (κ3) is 3.23. The predicted octanol–water partition coefficient (Wildman–Crippen LogP) is 2.99. The zero-order valence-corrected chi connectivity index (χ0v) is 14.3.